The first-order valence-electron chi connectivity index (χ1n) is 8.04. The maximum atomic E-state index is 13.9. The van der Waals surface area contributed by atoms with E-state index in [9.17, 15) is 22.4 Å². The molecular formula is C17H19F4N3O2. The van der Waals surface area contributed by atoms with Crippen LogP contribution in [0.15, 0.2) is 24.3 Å². The first kappa shape index (κ1) is 20.0. The quantitative estimate of drug-likeness (QED) is 0.593. The van der Waals surface area contributed by atoms with Gasteiger partial charge in [-0.3, -0.25) is 10.2 Å². The zero-order valence-electron chi connectivity index (χ0n) is 13.9. The maximum Gasteiger partial charge on any atom is 0.429 e. The summed E-state index contributed by atoms with van der Waals surface area (Å²) in [4.78, 5) is 13.8. The molecule has 0 aromatic heterocycles. The molecule has 0 radical (unpaired) electrons. The molecule has 0 aliphatic carbocycles. The fourth-order valence-electron chi connectivity index (χ4n) is 2.70. The number of nitrogens with one attached hydrogen (secondary N) is 2. The Kier molecular flexibility index (Phi) is 6.47. The summed E-state index contributed by atoms with van der Waals surface area (Å²) in [6.07, 6.45) is -5.10. The summed E-state index contributed by atoms with van der Waals surface area (Å²) in [5.74, 6) is -1.46. The summed E-state index contributed by atoms with van der Waals surface area (Å²) in [7, 11) is 0. The molecule has 142 valence electrons. The van der Waals surface area contributed by atoms with Gasteiger partial charge in [0.2, 0.25) is 0 Å². The van der Waals surface area contributed by atoms with E-state index >= 15 is 0 Å². The van der Waals surface area contributed by atoms with E-state index < -0.39 is 35.7 Å². The summed E-state index contributed by atoms with van der Waals surface area (Å²) < 4.78 is 56.7. The van der Waals surface area contributed by atoms with E-state index in [2.05, 4.69) is 0 Å². The maximum absolute atomic E-state index is 13.9. The molecule has 9 heteroatoms. The third kappa shape index (κ3) is 5.10. The van der Waals surface area contributed by atoms with Crippen molar-refractivity contribution in [1.29, 1.82) is 10.8 Å². The molecule has 1 aliphatic heterocycles. The van der Waals surface area contributed by atoms with Crippen molar-refractivity contribution < 1.29 is 27.1 Å². The predicted octanol–water partition coefficient (Wildman–Crippen LogP) is 3.33. The molecule has 0 atom stereocenters. The molecule has 1 aromatic rings. The Morgan fingerprint density at radius 1 is 1.19 bits per heavy atom. The third-order valence-electron chi connectivity index (χ3n) is 4.14. The van der Waals surface area contributed by atoms with E-state index in [1.54, 1.807) is 6.07 Å². The number of halogens is 4. The van der Waals surface area contributed by atoms with Gasteiger partial charge < -0.3 is 15.0 Å². The van der Waals surface area contributed by atoms with Gasteiger partial charge in [0.15, 0.2) is 0 Å². The number of hydrogen-bond donors (Lipinski definition) is 2. The van der Waals surface area contributed by atoms with Gasteiger partial charge in [0.25, 0.3) is 5.91 Å². The minimum Gasteiger partial charge on any atom is -0.381 e. The SMILES string of the molecule is N=C(CC(=N)C(F)(F)F)C(=O)N(Cc1ccccc1F)C1CCOCC1. The van der Waals surface area contributed by atoms with Crippen molar-refractivity contribution in [2.75, 3.05) is 13.2 Å². The van der Waals surface area contributed by atoms with E-state index in [0.29, 0.717) is 26.1 Å². The molecule has 1 heterocycles. The Balaban J connectivity index is 2.19. The molecule has 1 aromatic carbocycles. The van der Waals surface area contributed by atoms with E-state index in [4.69, 9.17) is 15.6 Å². The Bertz CT molecular complexity index is 685. The summed E-state index contributed by atoms with van der Waals surface area (Å²) >= 11 is 0. The Labute approximate surface area is 148 Å². The van der Waals surface area contributed by atoms with Gasteiger partial charge >= 0.3 is 6.18 Å². The minimum atomic E-state index is -4.89. The largest absolute Gasteiger partial charge is 0.429 e. The van der Waals surface area contributed by atoms with Crippen LogP contribution in [-0.2, 0) is 16.1 Å². The van der Waals surface area contributed by atoms with E-state index in [0.717, 1.165) is 0 Å². The fourth-order valence-corrected chi connectivity index (χ4v) is 2.70. The Morgan fingerprint density at radius 3 is 2.38 bits per heavy atom. The van der Waals surface area contributed by atoms with E-state index in [-0.39, 0.29) is 18.2 Å². The molecule has 0 bridgehead atoms. The zero-order chi connectivity index (χ0) is 19.3. The molecule has 0 unspecified atom stereocenters. The van der Waals surface area contributed by atoms with Crippen molar-refractivity contribution in [1.82, 2.24) is 4.90 Å². The average Bonchev–Trinajstić information content (AvgIpc) is 2.60. The number of carbonyl (C=O) groups is 1. The van der Waals surface area contributed by atoms with Gasteiger partial charge in [-0.15, -0.1) is 0 Å². The van der Waals surface area contributed by atoms with Crippen LogP contribution in [0, 0.1) is 16.6 Å². The fraction of sp³-hybridized carbons (Fsp3) is 0.471. The molecule has 1 aliphatic rings. The van der Waals surface area contributed by atoms with Crippen LogP contribution < -0.4 is 0 Å². The van der Waals surface area contributed by atoms with Crippen molar-refractivity contribution in [3.8, 4) is 0 Å². The molecule has 1 saturated heterocycles. The number of carbonyl (C=O) groups excluding carboxylic acids is 1. The molecule has 26 heavy (non-hydrogen) atoms. The van der Waals surface area contributed by atoms with Crippen LogP contribution in [-0.4, -0.2) is 47.7 Å². The number of hydrogen-bond acceptors (Lipinski definition) is 4. The Morgan fingerprint density at radius 2 is 1.81 bits per heavy atom. The summed E-state index contributed by atoms with van der Waals surface area (Å²) in [5, 5.41) is 14.7. The highest BCUT2D eigenvalue weighted by atomic mass is 19.4. The standard InChI is InChI=1S/C17H19F4N3O2/c18-13-4-2-1-3-11(13)10-24(12-5-7-26-8-6-12)16(25)14(22)9-15(23)17(19,20)21/h1-4,12,22-23H,5-10H2. The van der Waals surface area contributed by atoms with Crippen LogP contribution in [0.2, 0.25) is 0 Å². The monoisotopic (exact) mass is 373 g/mol. The second-order valence-corrected chi connectivity index (χ2v) is 6.00. The highest BCUT2D eigenvalue weighted by molar-refractivity contribution is 6.41. The van der Waals surface area contributed by atoms with Crippen molar-refractivity contribution in [3.05, 3.63) is 35.6 Å². The first-order chi connectivity index (χ1) is 12.2. The lowest BCUT2D eigenvalue weighted by atomic mass is 10.0. The predicted molar refractivity (Wildman–Crippen MR) is 86.9 cm³/mol. The number of benzene rings is 1. The van der Waals surface area contributed by atoms with Crippen molar-refractivity contribution >= 4 is 17.3 Å². The highest BCUT2D eigenvalue weighted by Gasteiger charge is 2.37. The number of ether oxygens (including phenoxy) is 1. The second-order valence-electron chi connectivity index (χ2n) is 6.00. The summed E-state index contributed by atoms with van der Waals surface area (Å²) in [5.41, 5.74) is -2.28. The van der Waals surface area contributed by atoms with Crippen LogP contribution in [0.4, 0.5) is 17.6 Å². The first-order valence-corrected chi connectivity index (χ1v) is 8.04. The van der Waals surface area contributed by atoms with Crippen LogP contribution in [0.3, 0.4) is 0 Å². The summed E-state index contributed by atoms with van der Waals surface area (Å²) in [6, 6.07) is 5.43. The molecule has 5 nitrogen and oxygen atoms in total. The van der Waals surface area contributed by atoms with E-state index in [1.807, 2.05) is 0 Å². The van der Waals surface area contributed by atoms with Gasteiger partial charge in [-0.2, -0.15) is 13.2 Å². The smallest absolute Gasteiger partial charge is 0.381 e. The van der Waals surface area contributed by atoms with Gasteiger partial charge in [0.1, 0.15) is 17.2 Å². The molecule has 2 N–H and O–H groups in total. The number of rotatable bonds is 6. The molecule has 1 amide bonds. The van der Waals surface area contributed by atoms with E-state index in [1.165, 1.54) is 23.1 Å². The molecule has 1 fully saturated rings. The lowest BCUT2D eigenvalue weighted by molar-refractivity contribution is -0.129. The van der Waals surface area contributed by atoms with Gasteiger partial charge in [-0.25, -0.2) is 4.39 Å². The van der Waals surface area contributed by atoms with Gasteiger partial charge in [-0.05, 0) is 18.9 Å². The topological polar surface area (TPSA) is 77.2 Å². The number of alkyl halides is 3. The molecule has 2 rings (SSSR count). The van der Waals surface area contributed by atoms with Crippen LogP contribution in [0.5, 0.6) is 0 Å². The molecule has 0 saturated carbocycles. The van der Waals surface area contributed by atoms with Crippen LogP contribution in [0.1, 0.15) is 24.8 Å². The highest BCUT2D eigenvalue weighted by Crippen LogP contribution is 2.22. The molecule has 0 spiro atoms. The van der Waals surface area contributed by atoms with Gasteiger partial charge in [0.05, 0.1) is 0 Å². The number of amides is 1. The second kappa shape index (κ2) is 8.39. The molecular weight excluding hydrogens is 354 g/mol. The minimum absolute atomic E-state index is 0.155. The zero-order valence-corrected chi connectivity index (χ0v) is 13.9. The Hall–Kier alpha value is -2.29. The van der Waals surface area contributed by atoms with Crippen LogP contribution >= 0.6 is 0 Å². The lowest BCUT2D eigenvalue weighted by Crippen LogP contribution is -2.46. The van der Waals surface area contributed by atoms with Crippen LogP contribution in [0.25, 0.3) is 0 Å². The number of nitrogens with zero attached hydrogens (tertiary/aromatic N) is 1. The van der Waals surface area contributed by atoms with Crippen molar-refractivity contribution in [3.63, 3.8) is 0 Å². The van der Waals surface area contributed by atoms with Crippen molar-refractivity contribution in [2.45, 2.75) is 38.0 Å². The summed E-state index contributed by atoms with van der Waals surface area (Å²) in [6.45, 7) is 0.590. The third-order valence-corrected chi connectivity index (χ3v) is 4.14. The van der Waals surface area contributed by atoms with Crippen molar-refractivity contribution in [2.24, 2.45) is 0 Å². The average molecular weight is 373 g/mol. The van der Waals surface area contributed by atoms with Gasteiger partial charge in [0, 0.05) is 37.8 Å². The van der Waals surface area contributed by atoms with Gasteiger partial charge in [-0.1, -0.05) is 18.2 Å². The lowest BCUT2D eigenvalue weighted by Gasteiger charge is -2.34. The normalized spacial score (nSPS) is 15.5.